The first kappa shape index (κ1) is 23.9. The van der Waals surface area contributed by atoms with Crippen molar-refractivity contribution in [1.82, 2.24) is 0 Å². The maximum absolute atomic E-state index is 13.4. The molecule has 0 saturated carbocycles. The molecule has 4 rings (SSSR count). The van der Waals surface area contributed by atoms with Crippen molar-refractivity contribution < 1.29 is 13.9 Å². The highest BCUT2D eigenvalue weighted by molar-refractivity contribution is 5.94. The number of carbonyl (C=O) groups excluding carboxylic acids is 1. The lowest BCUT2D eigenvalue weighted by molar-refractivity contribution is 0.0734. The zero-order valence-corrected chi connectivity index (χ0v) is 19.6. The molecule has 174 valence electrons. The molecule has 0 aromatic heterocycles. The van der Waals surface area contributed by atoms with Crippen LogP contribution in [0.3, 0.4) is 0 Å². The highest BCUT2D eigenvalue weighted by Gasteiger charge is 2.15. The quantitative estimate of drug-likeness (QED) is 0.151. The molecule has 4 heteroatoms. The Balaban J connectivity index is 1.63. The van der Waals surface area contributed by atoms with E-state index in [-0.39, 0.29) is 11.3 Å². The Hall–Kier alpha value is -4.23. The van der Waals surface area contributed by atoms with Gasteiger partial charge in [-0.1, -0.05) is 80.4 Å². The Bertz CT molecular complexity index is 1390. The minimum Gasteiger partial charge on any atom is -0.422 e. The monoisotopic (exact) mass is 463 g/mol. The van der Waals surface area contributed by atoms with E-state index >= 15 is 0 Å². The molecule has 4 aromatic carbocycles. The van der Waals surface area contributed by atoms with Gasteiger partial charge in [0.25, 0.3) is 0 Å². The van der Waals surface area contributed by atoms with Gasteiger partial charge in [0.1, 0.15) is 17.6 Å². The van der Waals surface area contributed by atoms with Gasteiger partial charge in [-0.15, -0.1) is 0 Å². The molecule has 0 radical (unpaired) electrons. The second-order valence-electron chi connectivity index (χ2n) is 8.43. The third kappa shape index (κ3) is 5.83. The molecule has 0 saturated heterocycles. The zero-order chi connectivity index (χ0) is 24.6. The summed E-state index contributed by atoms with van der Waals surface area (Å²) in [5, 5.41) is 9.23. The second-order valence-corrected chi connectivity index (χ2v) is 8.43. The molecule has 35 heavy (non-hydrogen) atoms. The molecule has 0 fully saturated rings. The van der Waals surface area contributed by atoms with Gasteiger partial charge in [-0.05, 0) is 71.0 Å². The van der Waals surface area contributed by atoms with Gasteiger partial charge in [0.2, 0.25) is 0 Å². The molecule has 0 N–H and O–H groups in total. The number of nitrogens with zero attached hydrogens (tertiary/aromatic N) is 1. The van der Waals surface area contributed by atoms with Gasteiger partial charge in [-0.25, -0.2) is 9.18 Å². The molecule has 0 atom stereocenters. The van der Waals surface area contributed by atoms with Crippen LogP contribution in [0.2, 0.25) is 0 Å². The van der Waals surface area contributed by atoms with Crippen molar-refractivity contribution in [3.8, 4) is 34.1 Å². The normalized spacial score (nSPS) is 10.5. The van der Waals surface area contributed by atoms with Crippen LogP contribution >= 0.6 is 0 Å². The van der Waals surface area contributed by atoms with E-state index in [1.807, 2.05) is 30.3 Å². The lowest BCUT2D eigenvalue weighted by Crippen LogP contribution is -2.09. The van der Waals surface area contributed by atoms with Crippen LogP contribution in [0.5, 0.6) is 5.75 Å². The van der Waals surface area contributed by atoms with Gasteiger partial charge in [-0.2, -0.15) is 5.26 Å². The van der Waals surface area contributed by atoms with E-state index in [2.05, 4.69) is 37.3 Å². The molecular weight excluding hydrogens is 437 g/mol. The summed E-state index contributed by atoms with van der Waals surface area (Å²) in [5.41, 5.74) is 5.74. The van der Waals surface area contributed by atoms with Gasteiger partial charge in [0.15, 0.2) is 0 Å². The Kier molecular flexibility index (Phi) is 7.70. The minimum atomic E-state index is -0.606. The first-order valence-electron chi connectivity index (χ1n) is 11.8. The van der Waals surface area contributed by atoms with E-state index in [1.54, 1.807) is 18.2 Å². The first-order valence-corrected chi connectivity index (χ1v) is 11.8. The number of rotatable bonds is 8. The maximum atomic E-state index is 13.4. The number of benzene rings is 4. The molecular formula is C31H26FNO2. The van der Waals surface area contributed by atoms with Crippen LogP contribution in [0.4, 0.5) is 4.39 Å². The van der Waals surface area contributed by atoms with Crippen molar-refractivity contribution in [2.45, 2.75) is 32.6 Å². The van der Waals surface area contributed by atoms with Crippen LogP contribution in [0, 0.1) is 17.1 Å². The van der Waals surface area contributed by atoms with Crippen molar-refractivity contribution in [2.24, 2.45) is 0 Å². The van der Waals surface area contributed by atoms with Crippen molar-refractivity contribution in [3.63, 3.8) is 0 Å². The van der Waals surface area contributed by atoms with Crippen LogP contribution in [0.25, 0.3) is 22.3 Å². The van der Waals surface area contributed by atoms with Crippen molar-refractivity contribution in [2.75, 3.05) is 0 Å². The van der Waals surface area contributed by atoms with E-state index in [1.165, 1.54) is 30.9 Å². The second kappa shape index (κ2) is 11.3. The molecule has 0 bridgehead atoms. The fraction of sp³-hybridized carbons (Fsp3) is 0.161. The number of esters is 1. The van der Waals surface area contributed by atoms with Crippen molar-refractivity contribution in [3.05, 3.63) is 114 Å². The summed E-state index contributed by atoms with van der Waals surface area (Å²) in [4.78, 5) is 12.9. The van der Waals surface area contributed by atoms with Crippen molar-refractivity contribution >= 4 is 5.97 Å². The third-order valence-corrected chi connectivity index (χ3v) is 5.91. The molecule has 0 unspecified atom stereocenters. The molecule has 0 aliphatic rings. The standard InChI is InChI=1S/C31H26FNO2/c1-2-3-4-9-22-10-7-11-23(18-22)28-14-5-6-15-29(28)24-12-8-13-25(19-24)31(34)35-30-17-16-27(32)20-26(30)21-33/h5-8,10-20H,2-4,9H2,1H3. The highest BCUT2D eigenvalue weighted by Crippen LogP contribution is 2.33. The number of aryl methyl sites for hydroxylation is 1. The number of halogens is 1. The molecule has 0 heterocycles. The number of carbonyl (C=O) groups is 1. The number of nitriles is 1. The Morgan fingerprint density at radius 1 is 0.857 bits per heavy atom. The third-order valence-electron chi connectivity index (χ3n) is 5.91. The zero-order valence-electron chi connectivity index (χ0n) is 19.6. The number of hydrogen-bond acceptors (Lipinski definition) is 3. The fourth-order valence-corrected chi connectivity index (χ4v) is 4.11. The van der Waals surface area contributed by atoms with Crippen LogP contribution in [-0.2, 0) is 6.42 Å². The first-order chi connectivity index (χ1) is 17.1. The van der Waals surface area contributed by atoms with Crippen molar-refractivity contribution in [1.29, 1.82) is 5.26 Å². The molecule has 0 amide bonds. The predicted octanol–water partition coefficient (Wildman–Crippen LogP) is 7.98. The van der Waals surface area contributed by atoms with E-state index in [0.29, 0.717) is 5.56 Å². The predicted molar refractivity (Wildman–Crippen MR) is 137 cm³/mol. The van der Waals surface area contributed by atoms with Gasteiger partial charge in [-0.3, -0.25) is 0 Å². The van der Waals surface area contributed by atoms with Gasteiger partial charge in [0.05, 0.1) is 11.1 Å². The average Bonchev–Trinajstić information content (AvgIpc) is 2.90. The Morgan fingerprint density at radius 3 is 2.29 bits per heavy atom. The highest BCUT2D eigenvalue weighted by atomic mass is 19.1. The largest absolute Gasteiger partial charge is 0.422 e. The lowest BCUT2D eigenvalue weighted by atomic mass is 9.92. The number of unbranched alkanes of at least 4 members (excludes halogenated alkanes) is 2. The summed E-state index contributed by atoms with van der Waals surface area (Å²) in [5.74, 6) is -1.13. The molecule has 0 aliphatic carbocycles. The Labute approximate surface area is 205 Å². The van der Waals surface area contributed by atoms with E-state index in [9.17, 15) is 14.4 Å². The number of hydrogen-bond donors (Lipinski definition) is 0. The smallest absolute Gasteiger partial charge is 0.343 e. The summed E-state index contributed by atoms with van der Waals surface area (Å²) < 4.78 is 18.8. The summed E-state index contributed by atoms with van der Waals surface area (Å²) in [6.07, 6.45) is 4.64. The summed E-state index contributed by atoms with van der Waals surface area (Å²) in [7, 11) is 0. The van der Waals surface area contributed by atoms with Crippen LogP contribution in [-0.4, -0.2) is 5.97 Å². The van der Waals surface area contributed by atoms with E-state index in [4.69, 9.17) is 4.74 Å². The SMILES string of the molecule is CCCCCc1cccc(-c2ccccc2-c2cccc(C(=O)Oc3ccc(F)cc3C#N)c2)c1. The maximum Gasteiger partial charge on any atom is 0.343 e. The fourth-order valence-electron chi connectivity index (χ4n) is 4.11. The molecule has 4 aromatic rings. The van der Waals surface area contributed by atoms with Gasteiger partial charge >= 0.3 is 5.97 Å². The molecule has 3 nitrogen and oxygen atoms in total. The minimum absolute atomic E-state index is 0.0290. The van der Waals surface area contributed by atoms with Gasteiger partial charge in [0, 0.05) is 0 Å². The van der Waals surface area contributed by atoms with E-state index in [0.717, 1.165) is 40.8 Å². The molecule has 0 aliphatic heterocycles. The summed E-state index contributed by atoms with van der Waals surface area (Å²) in [6, 6.07) is 29.3. The Morgan fingerprint density at radius 2 is 1.57 bits per heavy atom. The van der Waals surface area contributed by atoms with Crippen LogP contribution < -0.4 is 4.74 Å². The lowest BCUT2D eigenvalue weighted by Gasteiger charge is -2.13. The average molecular weight is 464 g/mol. The van der Waals surface area contributed by atoms with Gasteiger partial charge < -0.3 is 4.74 Å². The van der Waals surface area contributed by atoms with Crippen LogP contribution in [0.1, 0.15) is 47.7 Å². The van der Waals surface area contributed by atoms with E-state index < -0.39 is 11.8 Å². The topological polar surface area (TPSA) is 50.1 Å². The molecule has 0 spiro atoms. The number of ether oxygens (including phenoxy) is 1. The summed E-state index contributed by atoms with van der Waals surface area (Å²) in [6.45, 7) is 2.21. The van der Waals surface area contributed by atoms with Crippen LogP contribution in [0.15, 0.2) is 91.0 Å². The summed E-state index contributed by atoms with van der Waals surface area (Å²) >= 11 is 0.